The first-order valence-electron chi connectivity index (χ1n) is 6.13. The van der Waals surface area contributed by atoms with Crippen molar-refractivity contribution in [1.82, 2.24) is 9.88 Å². The Morgan fingerprint density at radius 1 is 1.42 bits per heavy atom. The van der Waals surface area contributed by atoms with E-state index < -0.39 is 0 Å². The highest BCUT2D eigenvalue weighted by Gasteiger charge is 2.14. The average molecular weight is 258 g/mol. The summed E-state index contributed by atoms with van der Waals surface area (Å²) in [5.74, 6) is 0.710. The molecule has 2 heterocycles. The largest absolute Gasteiger partial charge is 0.492 e. The molecule has 1 aliphatic rings. The molecule has 0 N–H and O–H groups in total. The van der Waals surface area contributed by atoms with Gasteiger partial charge in [0.2, 0.25) is 0 Å². The monoisotopic (exact) mass is 258 g/mol. The molecular weight excluding hydrogens is 240 g/mol. The highest BCUT2D eigenvalue weighted by molar-refractivity contribution is 5.84. The Morgan fingerprint density at radius 3 is 2.89 bits per heavy atom. The SMILES string of the molecule is COc1c(N=CN(C)C)ccnc1C1=CCN=CC1. The predicted molar refractivity (Wildman–Crippen MR) is 78.6 cm³/mol. The maximum atomic E-state index is 5.48. The van der Waals surface area contributed by atoms with Gasteiger partial charge in [-0.05, 0) is 11.6 Å². The van der Waals surface area contributed by atoms with Gasteiger partial charge in [0.05, 0.1) is 20.0 Å². The molecular formula is C14H18N4O. The summed E-state index contributed by atoms with van der Waals surface area (Å²) in [5.41, 5.74) is 2.76. The molecule has 1 aromatic rings. The van der Waals surface area contributed by atoms with Gasteiger partial charge in [0.25, 0.3) is 0 Å². The zero-order chi connectivity index (χ0) is 13.7. The van der Waals surface area contributed by atoms with Crippen LogP contribution in [0.5, 0.6) is 5.75 Å². The van der Waals surface area contributed by atoms with Crippen molar-refractivity contribution in [2.45, 2.75) is 6.42 Å². The van der Waals surface area contributed by atoms with Crippen molar-refractivity contribution in [3.8, 4) is 5.75 Å². The van der Waals surface area contributed by atoms with Crippen molar-refractivity contribution in [2.75, 3.05) is 27.7 Å². The molecule has 0 aliphatic carbocycles. The highest BCUT2D eigenvalue weighted by atomic mass is 16.5. The molecule has 2 rings (SSSR count). The smallest absolute Gasteiger partial charge is 0.170 e. The number of pyridine rings is 1. The molecule has 100 valence electrons. The van der Waals surface area contributed by atoms with Crippen LogP contribution in [0.1, 0.15) is 12.1 Å². The van der Waals surface area contributed by atoms with Crippen LogP contribution < -0.4 is 4.74 Å². The molecule has 0 radical (unpaired) electrons. The first kappa shape index (κ1) is 13.3. The van der Waals surface area contributed by atoms with Crippen LogP contribution in [0, 0.1) is 0 Å². The van der Waals surface area contributed by atoms with Crippen molar-refractivity contribution in [3.63, 3.8) is 0 Å². The standard InChI is InChI=1S/C14H18N4O/c1-18(2)10-17-12-6-9-16-13(14(12)19-3)11-4-7-15-8-5-11/h4,6,8-10H,5,7H2,1-3H3. The number of hydrogen-bond acceptors (Lipinski definition) is 4. The second-order valence-corrected chi connectivity index (χ2v) is 4.40. The second kappa shape index (κ2) is 6.13. The number of methoxy groups -OCH3 is 1. The van der Waals surface area contributed by atoms with Gasteiger partial charge in [-0.25, -0.2) is 4.99 Å². The zero-order valence-electron chi connectivity index (χ0n) is 11.5. The van der Waals surface area contributed by atoms with Gasteiger partial charge < -0.3 is 9.64 Å². The van der Waals surface area contributed by atoms with Crippen LogP contribution in [0.4, 0.5) is 5.69 Å². The van der Waals surface area contributed by atoms with Crippen LogP contribution in [0.15, 0.2) is 28.3 Å². The minimum absolute atomic E-state index is 0.700. The lowest BCUT2D eigenvalue weighted by Gasteiger charge is -2.13. The summed E-state index contributed by atoms with van der Waals surface area (Å²) in [6, 6.07) is 1.85. The molecule has 0 spiro atoms. The molecule has 0 aromatic carbocycles. The fourth-order valence-electron chi connectivity index (χ4n) is 1.82. The van der Waals surface area contributed by atoms with Gasteiger partial charge in [-0.3, -0.25) is 9.98 Å². The molecule has 0 atom stereocenters. The fraction of sp³-hybridized carbons (Fsp3) is 0.357. The third-order valence-corrected chi connectivity index (χ3v) is 2.70. The number of nitrogens with zero attached hydrogens (tertiary/aromatic N) is 4. The van der Waals surface area contributed by atoms with E-state index in [2.05, 4.69) is 21.0 Å². The van der Waals surface area contributed by atoms with E-state index in [4.69, 9.17) is 4.74 Å². The summed E-state index contributed by atoms with van der Waals surface area (Å²) in [4.78, 5) is 14.9. The van der Waals surface area contributed by atoms with E-state index >= 15 is 0 Å². The number of allylic oxidation sites excluding steroid dienone is 1. The van der Waals surface area contributed by atoms with Gasteiger partial charge >= 0.3 is 0 Å². The van der Waals surface area contributed by atoms with Crippen molar-refractivity contribution in [3.05, 3.63) is 24.0 Å². The van der Waals surface area contributed by atoms with Crippen molar-refractivity contribution < 1.29 is 4.74 Å². The lowest BCUT2D eigenvalue weighted by molar-refractivity contribution is 0.412. The third-order valence-electron chi connectivity index (χ3n) is 2.70. The Hall–Kier alpha value is -2.17. The van der Waals surface area contributed by atoms with E-state index in [0.29, 0.717) is 12.3 Å². The minimum Gasteiger partial charge on any atom is -0.492 e. The number of aliphatic imine (C=N–C) groups is 2. The predicted octanol–water partition coefficient (Wildman–Crippen LogP) is 2.17. The van der Waals surface area contributed by atoms with Crippen LogP contribution in [0.2, 0.25) is 0 Å². The summed E-state index contributed by atoms with van der Waals surface area (Å²) in [7, 11) is 5.50. The Bertz CT molecular complexity index is 532. The van der Waals surface area contributed by atoms with E-state index in [1.54, 1.807) is 19.6 Å². The summed E-state index contributed by atoms with van der Waals surface area (Å²) in [6.45, 7) is 0.700. The Kier molecular flexibility index (Phi) is 4.28. The quantitative estimate of drug-likeness (QED) is 0.614. The van der Waals surface area contributed by atoms with Crippen LogP contribution >= 0.6 is 0 Å². The minimum atomic E-state index is 0.700. The summed E-state index contributed by atoms with van der Waals surface area (Å²) in [5, 5.41) is 0. The molecule has 0 unspecified atom stereocenters. The Morgan fingerprint density at radius 2 is 2.26 bits per heavy atom. The number of dihydropyridines is 1. The molecule has 19 heavy (non-hydrogen) atoms. The summed E-state index contributed by atoms with van der Waals surface area (Å²) < 4.78 is 5.48. The topological polar surface area (TPSA) is 50.1 Å². The normalized spacial score (nSPS) is 14.6. The Balaban J connectivity index is 2.39. The van der Waals surface area contributed by atoms with Gasteiger partial charge in [0.1, 0.15) is 11.4 Å². The van der Waals surface area contributed by atoms with Crippen LogP contribution in [-0.2, 0) is 0 Å². The highest BCUT2D eigenvalue weighted by Crippen LogP contribution is 2.34. The first-order valence-corrected chi connectivity index (χ1v) is 6.13. The van der Waals surface area contributed by atoms with Crippen LogP contribution in [-0.4, -0.2) is 50.2 Å². The second-order valence-electron chi connectivity index (χ2n) is 4.40. The Labute approximate surface area is 113 Å². The van der Waals surface area contributed by atoms with Crippen LogP contribution in [0.3, 0.4) is 0 Å². The summed E-state index contributed by atoms with van der Waals surface area (Å²) in [6.07, 6.45) is 8.27. The number of rotatable bonds is 4. The van der Waals surface area contributed by atoms with Gasteiger partial charge in [-0.15, -0.1) is 0 Å². The van der Waals surface area contributed by atoms with Crippen molar-refractivity contribution in [1.29, 1.82) is 0 Å². The molecule has 1 aliphatic heterocycles. The molecule has 0 fully saturated rings. The van der Waals surface area contributed by atoms with Crippen molar-refractivity contribution >= 4 is 23.8 Å². The number of aromatic nitrogens is 1. The lowest BCUT2D eigenvalue weighted by Crippen LogP contribution is -2.07. The number of ether oxygens (including phenoxy) is 1. The third kappa shape index (κ3) is 3.19. The van der Waals surface area contributed by atoms with Crippen molar-refractivity contribution in [2.24, 2.45) is 9.98 Å². The molecule has 5 heteroatoms. The maximum absolute atomic E-state index is 5.48. The van der Waals surface area contributed by atoms with Gasteiger partial charge in [0, 0.05) is 32.9 Å². The maximum Gasteiger partial charge on any atom is 0.170 e. The van der Waals surface area contributed by atoms with Gasteiger partial charge in [-0.1, -0.05) is 6.08 Å². The zero-order valence-corrected chi connectivity index (χ0v) is 11.5. The summed E-state index contributed by atoms with van der Waals surface area (Å²) >= 11 is 0. The molecule has 0 bridgehead atoms. The van der Waals surface area contributed by atoms with E-state index in [1.165, 1.54) is 0 Å². The average Bonchev–Trinajstić information content (AvgIpc) is 2.45. The first-order chi connectivity index (χ1) is 9.22. The van der Waals surface area contributed by atoms with E-state index in [0.717, 1.165) is 23.4 Å². The molecule has 0 saturated carbocycles. The molecule has 5 nitrogen and oxygen atoms in total. The van der Waals surface area contributed by atoms with E-state index in [9.17, 15) is 0 Å². The number of hydrogen-bond donors (Lipinski definition) is 0. The fourth-order valence-corrected chi connectivity index (χ4v) is 1.82. The molecule has 0 amide bonds. The van der Waals surface area contributed by atoms with Gasteiger partial charge in [0.15, 0.2) is 5.75 Å². The molecule has 0 saturated heterocycles. The molecule has 1 aromatic heterocycles. The lowest BCUT2D eigenvalue weighted by atomic mass is 10.1. The van der Waals surface area contributed by atoms with E-state index in [1.807, 2.05) is 31.3 Å². The van der Waals surface area contributed by atoms with Gasteiger partial charge in [-0.2, -0.15) is 0 Å². The van der Waals surface area contributed by atoms with Crippen LogP contribution in [0.25, 0.3) is 5.57 Å². The van der Waals surface area contributed by atoms with E-state index in [-0.39, 0.29) is 0 Å².